The van der Waals surface area contributed by atoms with Gasteiger partial charge in [0.1, 0.15) is 17.3 Å². The van der Waals surface area contributed by atoms with Crippen molar-refractivity contribution >= 4 is 16.9 Å². The van der Waals surface area contributed by atoms with Crippen molar-refractivity contribution in [2.24, 2.45) is 0 Å². The molecule has 1 N–H and O–H groups in total. The summed E-state index contributed by atoms with van der Waals surface area (Å²) in [6, 6.07) is 23.3. The summed E-state index contributed by atoms with van der Waals surface area (Å²) >= 11 is 0. The van der Waals surface area contributed by atoms with E-state index in [0.717, 1.165) is 41.3 Å². The van der Waals surface area contributed by atoms with Gasteiger partial charge < -0.3 is 19.4 Å². The molecular formula is C28H31N3O3. The summed E-state index contributed by atoms with van der Waals surface area (Å²) in [6.07, 6.45) is 0.826. The highest BCUT2D eigenvalue weighted by molar-refractivity contribution is 5.94. The standard InChI is InChI=1S/C28H31N3O3/c1-20(2)23-9-4-7-12-26(23)34-18-8-17-31-25-11-6-5-10-24(25)30-27(31)19-29-28(32)21-13-15-22(33-3)16-14-21/h4-7,9-16,20H,8,17-19H2,1-3H3,(H,29,32). The average Bonchev–Trinajstić information content (AvgIpc) is 3.22. The van der Waals surface area contributed by atoms with Crippen LogP contribution in [-0.2, 0) is 13.1 Å². The fraction of sp³-hybridized carbons (Fsp3) is 0.286. The molecule has 6 nitrogen and oxygen atoms in total. The number of carbonyl (C=O) groups excluding carboxylic acids is 1. The molecule has 0 fully saturated rings. The highest BCUT2D eigenvalue weighted by Gasteiger charge is 2.13. The Morgan fingerprint density at radius 3 is 2.50 bits per heavy atom. The first-order chi connectivity index (χ1) is 16.6. The van der Waals surface area contributed by atoms with Crippen molar-refractivity contribution in [3.8, 4) is 11.5 Å². The van der Waals surface area contributed by atoms with Gasteiger partial charge in [-0.05, 0) is 60.4 Å². The van der Waals surface area contributed by atoms with Gasteiger partial charge in [-0.25, -0.2) is 4.98 Å². The Hall–Kier alpha value is -3.80. The van der Waals surface area contributed by atoms with Crippen LogP contribution in [0.2, 0.25) is 0 Å². The Balaban J connectivity index is 1.42. The SMILES string of the molecule is COc1ccc(C(=O)NCc2nc3ccccc3n2CCCOc2ccccc2C(C)C)cc1. The van der Waals surface area contributed by atoms with Crippen LogP contribution in [0, 0.1) is 0 Å². The van der Waals surface area contributed by atoms with Crippen molar-refractivity contribution in [2.75, 3.05) is 13.7 Å². The molecular weight excluding hydrogens is 426 g/mol. The third-order valence-corrected chi connectivity index (χ3v) is 5.82. The maximum Gasteiger partial charge on any atom is 0.251 e. The molecule has 176 valence electrons. The Bertz CT molecular complexity index is 1250. The Morgan fingerprint density at radius 1 is 1.00 bits per heavy atom. The second kappa shape index (κ2) is 10.9. The van der Waals surface area contributed by atoms with Crippen molar-refractivity contribution in [2.45, 2.75) is 39.3 Å². The molecule has 34 heavy (non-hydrogen) atoms. The number of benzene rings is 3. The van der Waals surface area contributed by atoms with E-state index < -0.39 is 0 Å². The lowest BCUT2D eigenvalue weighted by atomic mass is 10.0. The molecule has 0 saturated heterocycles. The highest BCUT2D eigenvalue weighted by Crippen LogP contribution is 2.26. The van der Waals surface area contributed by atoms with E-state index in [1.54, 1.807) is 31.4 Å². The van der Waals surface area contributed by atoms with Crippen LogP contribution in [0.15, 0.2) is 72.8 Å². The van der Waals surface area contributed by atoms with Gasteiger partial charge in [0.05, 0.1) is 31.3 Å². The van der Waals surface area contributed by atoms with Crippen LogP contribution >= 0.6 is 0 Å². The first kappa shape index (κ1) is 23.4. The zero-order chi connectivity index (χ0) is 23.9. The number of nitrogens with zero attached hydrogens (tertiary/aromatic N) is 2. The molecule has 6 heteroatoms. The number of para-hydroxylation sites is 3. The van der Waals surface area contributed by atoms with E-state index in [0.29, 0.717) is 24.6 Å². The van der Waals surface area contributed by atoms with Crippen LogP contribution in [0.5, 0.6) is 11.5 Å². The van der Waals surface area contributed by atoms with Gasteiger partial charge in [0.25, 0.3) is 5.91 Å². The molecule has 0 bridgehead atoms. The van der Waals surface area contributed by atoms with Crippen molar-refractivity contribution in [1.82, 2.24) is 14.9 Å². The topological polar surface area (TPSA) is 65.4 Å². The molecule has 0 atom stereocenters. The van der Waals surface area contributed by atoms with Crippen LogP contribution in [0.1, 0.15) is 47.9 Å². The third-order valence-electron chi connectivity index (χ3n) is 5.82. The number of hydrogen-bond acceptors (Lipinski definition) is 4. The molecule has 0 aliphatic rings. The zero-order valence-electron chi connectivity index (χ0n) is 20.0. The van der Waals surface area contributed by atoms with Crippen LogP contribution < -0.4 is 14.8 Å². The van der Waals surface area contributed by atoms with Crippen molar-refractivity contribution in [3.63, 3.8) is 0 Å². The van der Waals surface area contributed by atoms with Gasteiger partial charge in [0.15, 0.2) is 0 Å². The number of fused-ring (bicyclic) bond motifs is 1. The summed E-state index contributed by atoms with van der Waals surface area (Å²) in [4.78, 5) is 17.4. The minimum atomic E-state index is -0.144. The minimum absolute atomic E-state index is 0.144. The van der Waals surface area contributed by atoms with Crippen LogP contribution in [0.25, 0.3) is 11.0 Å². The number of carbonyl (C=O) groups is 1. The van der Waals surface area contributed by atoms with E-state index >= 15 is 0 Å². The van der Waals surface area contributed by atoms with E-state index in [9.17, 15) is 4.79 Å². The molecule has 4 aromatic rings. The van der Waals surface area contributed by atoms with Crippen LogP contribution in [-0.4, -0.2) is 29.2 Å². The first-order valence-corrected chi connectivity index (χ1v) is 11.6. The van der Waals surface area contributed by atoms with Crippen molar-refractivity contribution in [3.05, 3.63) is 89.7 Å². The molecule has 0 radical (unpaired) electrons. The van der Waals surface area contributed by atoms with Crippen molar-refractivity contribution in [1.29, 1.82) is 0 Å². The second-order valence-electron chi connectivity index (χ2n) is 8.47. The molecule has 0 aliphatic heterocycles. The molecule has 0 aliphatic carbocycles. The van der Waals surface area contributed by atoms with Gasteiger partial charge in [0.2, 0.25) is 0 Å². The van der Waals surface area contributed by atoms with E-state index in [2.05, 4.69) is 35.9 Å². The summed E-state index contributed by atoms with van der Waals surface area (Å²) in [7, 11) is 1.60. The van der Waals surface area contributed by atoms with E-state index in [1.807, 2.05) is 36.4 Å². The molecule has 1 heterocycles. The second-order valence-corrected chi connectivity index (χ2v) is 8.47. The number of hydrogen-bond donors (Lipinski definition) is 1. The lowest BCUT2D eigenvalue weighted by molar-refractivity contribution is 0.0949. The predicted molar refractivity (Wildman–Crippen MR) is 135 cm³/mol. The van der Waals surface area contributed by atoms with Gasteiger partial charge in [0, 0.05) is 12.1 Å². The maximum absolute atomic E-state index is 12.6. The van der Waals surface area contributed by atoms with Gasteiger partial charge in [-0.15, -0.1) is 0 Å². The zero-order valence-corrected chi connectivity index (χ0v) is 20.0. The molecule has 1 amide bonds. The van der Waals surface area contributed by atoms with E-state index in [-0.39, 0.29) is 5.91 Å². The molecule has 0 saturated carbocycles. The largest absolute Gasteiger partial charge is 0.497 e. The van der Waals surface area contributed by atoms with Crippen LogP contribution in [0.4, 0.5) is 0 Å². The molecule has 3 aromatic carbocycles. The summed E-state index contributed by atoms with van der Waals surface area (Å²) in [5.74, 6) is 2.76. The number of aromatic nitrogens is 2. The normalized spacial score (nSPS) is 11.1. The fourth-order valence-electron chi connectivity index (χ4n) is 4.01. The Morgan fingerprint density at radius 2 is 1.74 bits per heavy atom. The average molecular weight is 458 g/mol. The molecule has 4 rings (SSSR count). The van der Waals surface area contributed by atoms with Gasteiger partial charge in [-0.2, -0.15) is 0 Å². The van der Waals surface area contributed by atoms with Crippen molar-refractivity contribution < 1.29 is 14.3 Å². The van der Waals surface area contributed by atoms with Gasteiger partial charge in [-0.3, -0.25) is 4.79 Å². The summed E-state index contributed by atoms with van der Waals surface area (Å²) < 4.78 is 13.4. The van der Waals surface area contributed by atoms with Gasteiger partial charge >= 0.3 is 0 Å². The van der Waals surface area contributed by atoms with E-state index in [1.165, 1.54) is 5.56 Å². The Labute approximate surface area is 200 Å². The number of amides is 1. The summed E-state index contributed by atoms with van der Waals surface area (Å²) in [5, 5.41) is 3.00. The fourth-order valence-corrected chi connectivity index (χ4v) is 4.01. The lowest BCUT2D eigenvalue weighted by Crippen LogP contribution is -2.25. The third kappa shape index (κ3) is 5.39. The van der Waals surface area contributed by atoms with Gasteiger partial charge in [-0.1, -0.05) is 44.2 Å². The monoisotopic (exact) mass is 457 g/mol. The number of rotatable bonds is 10. The summed E-state index contributed by atoms with van der Waals surface area (Å²) in [5.41, 5.74) is 3.78. The lowest BCUT2D eigenvalue weighted by Gasteiger charge is -2.15. The van der Waals surface area contributed by atoms with E-state index in [4.69, 9.17) is 14.5 Å². The quantitative estimate of drug-likeness (QED) is 0.316. The number of methoxy groups -OCH3 is 1. The molecule has 1 aromatic heterocycles. The molecule has 0 spiro atoms. The number of aryl methyl sites for hydroxylation is 1. The predicted octanol–water partition coefficient (Wildman–Crippen LogP) is 5.57. The Kier molecular flexibility index (Phi) is 7.48. The minimum Gasteiger partial charge on any atom is -0.497 e. The highest BCUT2D eigenvalue weighted by atomic mass is 16.5. The smallest absolute Gasteiger partial charge is 0.251 e. The summed E-state index contributed by atoms with van der Waals surface area (Å²) in [6.45, 7) is 6.04. The van der Waals surface area contributed by atoms with Crippen LogP contribution in [0.3, 0.4) is 0 Å². The maximum atomic E-state index is 12.6. The molecule has 0 unspecified atom stereocenters. The number of ether oxygens (including phenoxy) is 2. The first-order valence-electron chi connectivity index (χ1n) is 11.6. The number of nitrogens with one attached hydrogen (secondary N) is 1. The number of imidazole rings is 1.